The Balaban J connectivity index is 2.10. The summed E-state index contributed by atoms with van der Waals surface area (Å²) in [6.07, 6.45) is 1.41. The second kappa shape index (κ2) is 5.16. The van der Waals surface area contributed by atoms with Gasteiger partial charge in [-0.2, -0.15) is 8.75 Å². The van der Waals surface area contributed by atoms with Crippen LogP contribution in [0.25, 0.3) is 11.0 Å². The first-order valence-electron chi connectivity index (χ1n) is 5.66. The molecule has 0 aliphatic carbocycles. The highest BCUT2D eigenvalue weighted by atomic mass is 35.5. The predicted octanol–water partition coefficient (Wildman–Crippen LogP) is 2.47. The van der Waals surface area contributed by atoms with Crippen molar-refractivity contribution < 1.29 is 0 Å². The zero-order chi connectivity index (χ0) is 14.1. The summed E-state index contributed by atoms with van der Waals surface area (Å²) < 4.78 is 8.43. The van der Waals surface area contributed by atoms with Crippen LogP contribution < -0.4 is 16.6 Å². The van der Waals surface area contributed by atoms with Gasteiger partial charge in [-0.15, -0.1) is 0 Å². The molecule has 0 saturated carbocycles. The number of halogens is 1. The van der Waals surface area contributed by atoms with Crippen LogP contribution in [0.15, 0.2) is 18.5 Å². The van der Waals surface area contributed by atoms with Crippen LogP contribution in [-0.2, 0) is 0 Å². The lowest BCUT2D eigenvalue weighted by atomic mass is 10.2. The summed E-state index contributed by atoms with van der Waals surface area (Å²) in [6.45, 7) is 1.85. The van der Waals surface area contributed by atoms with Crippen molar-refractivity contribution >= 4 is 51.7 Å². The largest absolute Gasteiger partial charge is 0.337 e. The fraction of sp³-hybridized carbons (Fsp3) is 0.0909. The highest BCUT2D eigenvalue weighted by molar-refractivity contribution is 7.00. The van der Waals surface area contributed by atoms with Crippen molar-refractivity contribution in [1.82, 2.24) is 18.7 Å². The summed E-state index contributed by atoms with van der Waals surface area (Å²) in [5, 5.41) is 3.72. The monoisotopic (exact) mass is 307 g/mol. The molecule has 1 aromatic carbocycles. The first kappa shape index (κ1) is 13.0. The van der Waals surface area contributed by atoms with Gasteiger partial charge >= 0.3 is 0 Å². The van der Waals surface area contributed by atoms with Gasteiger partial charge in [0.25, 0.3) is 0 Å². The minimum Gasteiger partial charge on any atom is -0.337 e. The number of hydrogen-bond donors (Lipinski definition) is 3. The average Bonchev–Trinajstić information content (AvgIpc) is 2.92. The molecule has 0 radical (unpaired) electrons. The number of hydrogen-bond acceptors (Lipinski definition) is 8. The third kappa shape index (κ3) is 2.13. The summed E-state index contributed by atoms with van der Waals surface area (Å²) in [6, 6.07) is 3.60. The number of nitrogens with zero attached hydrogens (tertiary/aromatic N) is 4. The van der Waals surface area contributed by atoms with Gasteiger partial charge in [-0.25, -0.2) is 15.8 Å². The van der Waals surface area contributed by atoms with Crippen molar-refractivity contribution in [3.63, 3.8) is 0 Å². The zero-order valence-electron chi connectivity index (χ0n) is 10.4. The number of fused-ring (bicyclic) bond motifs is 1. The lowest BCUT2D eigenvalue weighted by Crippen LogP contribution is -2.11. The Kier molecular flexibility index (Phi) is 3.35. The molecule has 0 amide bonds. The van der Waals surface area contributed by atoms with E-state index < -0.39 is 0 Å². The Labute approximate surface area is 123 Å². The van der Waals surface area contributed by atoms with Crippen LogP contribution in [-0.4, -0.2) is 18.7 Å². The molecule has 0 spiro atoms. The third-order valence-electron chi connectivity index (χ3n) is 2.84. The van der Waals surface area contributed by atoms with Gasteiger partial charge in [0, 0.05) is 5.56 Å². The molecular formula is C11H10ClN7S. The first-order valence-corrected chi connectivity index (χ1v) is 6.77. The van der Waals surface area contributed by atoms with Crippen LogP contribution in [0.1, 0.15) is 5.56 Å². The van der Waals surface area contributed by atoms with Crippen molar-refractivity contribution in [2.45, 2.75) is 6.92 Å². The second-order valence-corrected chi connectivity index (χ2v) is 4.96. The van der Waals surface area contributed by atoms with E-state index in [-0.39, 0.29) is 0 Å². The molecule has 0 saturated heterocycles. The van der Waals surface area contributed by atoms with E-state index in [1.54, 1.807) is 6.07 Å². The minimum absolute atomic E-state index is 0.544. The summed E-state index contributed by atoms with van der Waals surface area (Å²) in [5.74, 6) is 6.55. The van der Waals surface area contributed by atoms with Crippen LogP contribution in [0.3, 0.4) is 0 Å². The molecule has 7 nitrogen and oxygen atoms in total. The van der Waals surface area contributed by atoms with Gasteiger partial charge < -0.3 is 10.7 Å². The second-order valence-electron chi connectivity index (χ2n) is 4.02. The molecule has 2 aromatic heterocycles. The Hall–Kier alpha value is -2.03. The van der Waals surface area contributed by atoms with E-state index in [4.69, 9.17) is 17.4 Å². The van der Waals surface area contributed by atoms with Crippen molar-refractivity contribution in [3.8, 4) is 0 Å². The van der Waals surface area contributed by atoms with Gasteiger partial charge in [-0.05, 0) is 19.1 Å². The maximum absolute atomic E-state index is 6.23. The maximum Gasteiger partial charge on any atom is 0.148 e. The number of nitrogens with two attached hydrogens (primary N) is 1. The van der Waals surface area contributed by atoms with Crippen LogP contribution in [0, 0.1) is 6.92 Å². The average molecular weight is 308 g/mol. The van der Waals surface area contributed by atoms with Crippen LogP contribution >= 0.6 is 23.3 Å². The maximum atomic E-state index is 6.23. The third-order valence-corrected chi connectivity index (χ3v) is 3.70. The van der Waals surface area contributed by atoms with E-state index in [1.807, 2.05) is 13.0 Å². The molecule has 102 valence electrons. The van der Waals surface area contributed by atoms with E-state index in [0.29, 0.717) is 27.9 Å². The SMILES string of the molecule is Cc1c(NN)ncnc1Nc1c(Cl)ccc2nsnc12. The molecule has 0 bridgehead atoms. The molecule has 9 heteroatoms. The first-order chi connectivity index (χ1) is 9.70. The van der Waals surface area contributed by atoms with Gasteiger partial charge in [0.2, 0.25) is 0 Å². The number of rotatable bonds is 3. The molecular weight excluding hydrogens is 298 g/mol. The van der Waals surface area contributed by atoms with E-state index in [0.717, 1.165) is 22.8 Å². The predicted molar refractivity (Wildman–Crippen MR) is 80.3 cm³/mol. The van der Waals surface area contributed by atoms with Crippen molar-refractivity contribution in [2.75, 3.05) is 10.7 Å². The summed E-state index contributed by atoms with van der Waals surface area (Å²) in [7, 11) is 0. The van der Waals surface area contributed by atoms with Gasteiger partial charge in [-0.1, -0.05) is 11.6 Å². The smallest absolute Gasteiger partial charge is 0.148 e. The van der Waals surface area contributed by atoms with Gasteiger partial charge in [0.1, 0.15) is 29.0 Å². The highest BCUT2D eigenvalue weighted by Gasteiger charge is 2.13. The van der Waals surface area contributed by atoms with Gasteiger partial charge in [0.05, 0.1) is 22.4 Å². The van der Waals surface area contributed by atoms with Crippen molar-refractivity contribution in [2.24, 2.45) is 5.84 Å². The number of nitrogen functional groups attached to an aromatic ring is 1. The molecule has 0 fully saturated rings. The Morgan fingerprint density at radius 1 is 1.20 bits per heavy atom. The molecule has 0 aliphatic heterocycles. The Morgan fingerprint density at radius 3 is 2.80 bits per heavy atom. The standard InChI is InChI=1S/C11H10ClN7S/c1-5-10(14-4-15-11(5)17-13)16-8-6(12)2-3-7-9(8)19-20-18-7/h2-4H,13H2,1H3,(H2,14,15,16,17). The fourth-order valence-corrected chi connectivity index (χ4v) is 2.53. The zero-order valence-corrected chi connectivity index (χ0v) is 12.0. The lowest BCUT2D eigenvalue weighted by molar-refractivity contribution is 1.11. The molecule has 0 aliphatic rings. The lowest BCUT2D eigenvalue weighted by Gasteiger charge is -2.12. The summed E-state index contributed by atoms with van der Waals surface area (Å²) in [5.41, 5.74) is 5.46. The summed E-state index contributed by atoms with van der Waals surface area (Å²) >= 11 is 7.36. The van der Waals surface area contributed by atoms with E-state index in [1.165, 1.54) is 6.33 Å². The van der Waals surface area contributed by atoms with E-state index in [9.17, 15) is 0 Å². The number of benzene rings is 1. The Bertz CT molecular complexity index is 773. The van der Waals surface area contributed by atoms with Crippen molar-refractivity contribution in [3.05, 3.63) is 29.0 Å². The molecule has 0 unspecified atom stereocenters. The Morgan fingerprint density at radius 2 is 2.00 bits per heavy atom. The quantitative estimate of drug-likeness (QED) is 0.504. The van der Waals surface area contributed by atoms with Crippen LogP contribution in [0.2, 0.25) is 5.02 Å². The van der Waals surface area contributed by atoms with Gasteiger partial charge in [0.15, 0.2) is 0 Å². The molecule has 0 atom stereocenters. The molecule has 2 heterocycles. The van der Waals surface area contributed by atoms with Crippen LogP contribution in [0.5, 0.6) is 0 Å². The summed E-state index contributed by atoms with van der Waals surface area (Å²) in [4.78, 5) is 8.22. The molecule has 3 aromatic rings. The highest BCUT2D eigenvalue weighted by Crippen LogP contribution is 2.33. The van der Waals surface area contributed by atoms with Crippen LogP contribution in [0.4, 0.5) is 17.3 Å². The topological polar surface area (TPSA) is 102 Å². The van der Waals surface area contributed by atoms with Gasteiger partial charge in [-0.3, -0.25) is 0 Å². The minimum atomic E-state index is 0.544. The molecule has 3 rings (SSSR count). The normalized spacial score (nSPS) is 10.8. The van der Waals surface area contributed by atoms with Crippen molar-refractivity contribution in [1.29, 1.82) is 0 Å². The van der Waals surface area contributed by atoms with E-state index in [2.05, 4.69) is 29.5 Å². The fourth-order valence-electron chi connectivity index (χ4n) is 1.79. The molecule has 4 N–H and O–H groups in total. The van der Waals surface area contributed by atoms with E-state index >= 15 is 0 Å². The molecule has 20 heavy (non-hydrogen) atoms. The number of nitrogens with one attached hydrogen (secondary N) is 2. The number of anilines is 3. The number of hydrazine groups is 1. The number of aromatic nitrogens is 4.